The van der Waals surface area contributed by atoms with Gasteiger partial charge in [-0.25, -0.2) is 0 Å². The first-order valence-corrected chi connectivity index (χ1v) is 25.9. The zero-order valence-electron chi connectivity index (χ0n) is 36.2. The highest BCUT2D eigenvalue weighted by atomic mass is 79.9. The van der Waals surface area contributed by atoms with Gasteiger partial charge in [-0.05, 0) is 101 Å². The zero-order chi connectivity index (χ0) is 40.7. The minimum atomic E-state index is -0.366. The molecule has 0 spiro atoms. The maximum atomic E-state index is 3.99. The number of benzene rings is 4. The molecule has 1 aliphatic carbocycles. The average Bonchev–Trinajstić information content (AvgIpc) is 3.52. The van der Waals surface area contributed by atoms with E-state index < -0.39 is 0 Å². The molecule has 0 amide bonds. The van der Waals surface area contributed by atoms with Gasteiger partial charge in [-0.3, -0.25) is 0 Å². The van der Waals surface area contributed by atoms with E-state index >= 15 is 0 Å². The molecule has 4 aromatic carbocycles. The second-order valence-corrected chi connectivity index (χ2v) is 19.5. The van der Waals surface area contributed by atoms with Crippen molar-refractivity contribution in [3.05, 3.63) is 128 Å². The van der Waals surface area contributed by atoms with Gasteiger partial charge < -0.3 is 0 Å². The fourth-order valence-corrected chi connectivity index (χ4v) is 10.9. The van der Waals surface area contributed by atoms with E-state index in [9.17, 15) is 0 Å². The summed E-state index contributed by atoms with van der Waals surface area (Å²) in [5.41, 5.74) is 9.37. The Bertz CT molecular complexity index is 1600. The predicted molar refractivity (Wildman–Crippen MR) is 263 cm³/mol. The van der Waals surface area contributed by atoms with Crippen molar-refractivity contribution in [3.8, 4) is 11.1 Å². The van der Waals surface area contributed by atoms with Crippen LogP contribution >= 0.6 is 47.8 Å². The lowest BCUT2D eigenvalue weighted by atomic mass is 9.67. The summed E-state index contributed by atoms with van der Waals surface area (Å²) in [6.07, 6.45) is 30.2. The maximum Gasteiger partial charge on any atom is 0.0714 e. The highest BCUT2D eigenvalue weighted by Gasteiger charge is 2.47. The van der Waals surface area contributed by atoms with Crippen molar-refractivity contribution < 1.29 is 0 Å². The number of alkyl halides is 1. The molecule has 0 aromatic heterocycles. The summed E-state index contributed by atoms with van der Waals surface area (Å²) in [6, 6.07) is 34.1. The first kappa shape index (κ1) is 48.0. The smallest absolute Gasteiger partial charge is 0.0714 e. The molecule has 57 heavy (non-hydrogen) atoms. The molecule has 0 radical (unpaired) electrons. The minimum Gasteiger partial charge on any atom is -0.0925 e. The van der Waals surface area contributed by atoms with Crippen molar-refractivity contribution in [1.29, 1.82) is 0 Å². The van der Waals surface area contributed by atoms with Crippen LogP contribution in [0, 0.1) is 11.8 Å². The average molecular weight is 964 g/mol. The van der Waals surface area contributed by atoms with E-state index in [-0.39, 0.29) is 5.41 Å². The summed E-state index contributed by atoms with van der Waals surface area (Å²) in [6.45, 7) is 9.20. The Labute approximate surface area is 375 Å². The van der Waals surface area contributed by atoms with E-state index in [4.69, 9.17) is 0 Å². The number of fused-ring (bicyclic) bond motifs is 3. The molecule has 0 bridgehead atoms. The van der Waals surface area contributed by atoms with Crippen LogP contribution in [-0.4, -0.2) is 5.33 Å². The predicted octanol–water partition coefficient (Wildman–Crippen LogP) is 19.0. The number of hydrogen-bond acceptors (Lipinski definition) is 0. The van der Waals surface area contributed by atoms with Crippen molar-refractivity contribution in [2.75, 3.05) is 5.33 Å². The molecule has 0 saturated heterocycles. The number of aryl methyl sites for hydroxylation is 1. The van der Waals surface area contributed by atoms with Crippen LogP contribution in [0.4, 0.5) is 0 Å². The number of rotatable bonds is 26. The maximum absolute atomic E-state index is 3.99. The Kier molecular flexibility index (Phi) is 22.9. The molecule has 4 aromatic rings. The zero-order valence-corrected chi connectivity index (χ0v) is 41.0. The third-order valence-corrected chi connectivity index (χ3v) is 14.4. The van der Waals surface area contributed by atoms with E-state index in [1.807, 2.05) is 0 Å². The molecule has 312 valence electrons. The highest BCUT2D eigenvalue weighted by Crippen LogP contribution is 2.58. The van der Waals surface area contributed by atoms with Gasteiger partial charge in [0.25, 0.3) is 0 Å². The molecule has 0 saturated carbocycles. The van der Waals surface area contributed by atoms with Gasteiger partial charge in [-0.15, -0.1) is 0 Å². The lowest BCUT2D eigenvalue weighted by molar-refractivity contribution is 0.383. The molecule has 0 aliphatic heterocycles. The van der Waals surface area contributed by atoms with Gasteiger partial charge >= 0.3 is 0 Å². The minimum absolute atomic E-state index is 0.366. The van der Waals surface area contributed by atoms with Gasteiger partial charge in [-0.2, -0.15) is 0 Å². The summed E-state index contributed by atoms with van der Waals surface area (Å²) in [5, 5.41) is 1.21. The Morgan fingerprint density at radius 2 is 0.912 bits per heavy atom. The van der Waals surface area contributed by atoms with Crippen LogP contribution in [0.2, 0.25) is 0 Å². The van der Waals surface area contributed by atoms with Gasteiger partial charge in [0, 0.05) is 14.3 Å². The lowest BCUT2D eigenvalue weighted by Gasteiger charge is -2.34. The number of hydrogen-bond donors (Lipinski definition) is 0. The van der Waals surface area contributed by atoms with Gasteiger partial charge in [0.05, 0.1) is 5.41 Å². The Balaban J connectivity index is 0.000000408. The first-order chi connectivity index (χ1) is 27.9. The largest absolute Gasteiger partial charge is 0.0925 e. The monoisotopic (exact) mass is 960 g/mol. The molecule has 0 heterocycles. The molecule has 0 atom stereocenters. The summed E-state index contributed by atoms with van der Waals surface area (Å²) in [5.74, 6) is 1.76. The second-order valence-electron chi connectivity index (χ2n) is 17.0. The molecule has 0 fully saturated rings. The second kappa shape index (κ2) is 27.2. The highest BCUT2D eigenvalue weighted by molar-refractivity contribution is 9.10. The lowest BCUT2D eigenvalue weighted by Crippen LogP contribution is -2.28. The van der Waals surface area contributed by atoms with Crippen LogP contribution in [0.5, 0.6) is 0 Å². The molecule has 0 N–H and O–H groups in total. The number of halogens is 3. The van der Waals surface area contributed by atoms with Gasteiger partial charge in [-0.1, -0.05) is 258 Å². The van der Waals surface area contributed by atoms with Gasteiger partial charge in [0.1, 0.15) is 0 Å². The summed E-state index contributed by atoms with van der Waals surface area (Å²) in [4.78, 5) is 0. The van der Waals surface area contributed by atoms with E-state index in [0.29, 0.717) is 0 Å². The van der Waals surface area contributed by atoms with E-state index in [0.717, 1.165) is 22.7 Å². The van der Waals surface area contributed by atoms with Crippen LogP contribution in [0.25, 0.3) is 11.1 Å². The molecule has 0 unspecified atom stereocenters. The third kappa shape index (κ3) is 14.2. The quantitative estimate of drug-likeness (QED) is 0.0383. The molecular formula is C54H75Br3. The van der Waals surface area contributed by atoms with Gasteiger partial charge in [0.2, 0.25) is 0 Å². The fourth-order valence-electron chi connectivity index (χ4n) is 9.36. The fraction of sp³-hybridized carbons (Fsp3) is 0.556. The third-order valence-electron chi connectivity index (χ3n) is 12.6. The van der Waals surface area contributed by atoms with Crippen LogP contribution in [-0.2, 0) is 11.8 Å². The van der Waals surface area contributed by atoms with Crippen molar-refractivity contribution in [2.45, 2.75) is 174 Å². The summed E-state index contributed by atoms with van der Waals surface area (Å²) >= 11 is 11.5. The van der Waals surface area contributed by atoms with Crippen molar-refractivity contribution in [2.24, 2.45) is 11.8 Å². The van der Waals surface area contributed by atoms with Crippen molar-refractivity contribution in [3.63, 3.8) is 0 Å². The molecule has 0 nitrogen and oxygen atoms in total. The summed E-state index contributed by atoms with van der Waals surface area (Å²) < 4.78 is 2.31. The van der Waals surface area contributed by atoms with Crippen molar-refractivity contribution in [1.82, 2.24) is 0 Å². The van der Waals surface area contributed by atoms with Crippen molar-refractivity contribution >= 4 is 47.8 Å². The Morgan fingerprint density at radius 1 is 0.456 bits per heavy atom. The molecule has 1 aliphatic rings. The topological polar surface area (TPSA) is 0 Å². The van der Waals surface area contributed by atoms with Crippen LogP contribution in [0.3, 0.4) is 0 Å². The molecule has 3 heteroatoms. The normalized spacial score (nSPS) is 12.8. The molecular weight excluding hydrogens is 888 g/mol. The van der Waals surface area contributed by atoms with Gasteiger partial charge in [0.15, 0.2) is 0 Å². The van der Waals surface area contributed by atoms with Crippen LogP contribution in [0.15, 0.2) is 99.9 Å². The van der Waals surface area contributed by atoms with E-state index in [1.165, 1.54) is 184 Å². The Hall–Kier alpha value is -1.68. The standard InChI is InChI=1S/C40H46Br2.C14H29Br/c1-3-5-7-11-17-30(18-12-8-6-4-2)23-24-31-27-35(42)29-38-39(31)36-26-25-34(41)28-37(36)40(38,32-19-13-9-14-20-32)33-21-15-10-16-22-33;1-3-5-7-9-11-14(13-15)12-10-8-6-4-2/h9-10,13-16,19-22,25-30H,3-8,11-12,17-18,23-24H2,1-2H3;14H,3-13H2,1-2H3. The SMILES string of the molecule is CCCCCCC(CBr)CCCCCC.CCCCCCC(CCCCCC)CCc1cc(Br)cc2c1-c1ccc(Br)cc1C2(c1ccccc1)c1ccccc1. The first-order valence-electron chi connectivity index (χ1n) is 23.2. The van der Waals surface area contributed by atoms with Crippen LogP contribution in [0.1, 0.15) is 190 Å². The molecule has 5 rings (SSSR count). The van der Waals surface area contributed by atoms with Crippen LogP contribution < -0.4 is 0 Å². The van der Waals surface area contributed by atoms with E-state index in [1.54, 1.807) is 0 Å². The number of unbranched alkanes of at least 4 members (excludes halogenated alkanes) is 12. The summed E-state index contributed by atoms with van der Waals surface area (Å²) in [7, 11) is 0. The Morgan fingerprint density at radius 3 is 1.37 bits per heavy atom. The van der Waals surface area contributed by atoms with E-state index in [2.05, 4.69) is 166 Å².